The molecule has 0 aliphatic carbocycles. The molecule has 0 fully saturated rings. The molecule has 2 aromatic rings. The molecule has 2 atom stereocenters. The zero-order valence-electron chi connectivity index (χ0n) is 8.81. The number of rotatable bonds is 2. The highest BCUT2D eigenvalue weighted by Gasteiger charge is 2.16. The van der Waals surface area contributed by atoms with E-state index in [1.165, 1.54) is 0 Å². The Bertz CT molecular complexity index is 463. The molecule has 0 aliphatic rings. The zero-order valence-corrected chi connectivity index (χ0v) is 9.57. The van der Waals surface area contributed by atoms with Gasteiger partial charge in [-0.3, -0.25) is 0 Å². The Labute approximate surface area is 94.3 Å². The summed E-state index contributed by atoms with van der Waals surface area (Å²) in [6.45, 7) is 4.06. The molecule has 15 heavy (non-hydrogen) atoms. The van der Waals surface area contributed by atoms with E-state index in [2.05, 4.69) is 23.2 Å². The molecule has 78 valence electrons. The van der Waals surface area contributed by atoms with Crippen molar-refractivity contribution >= 4 is 22.4 Å². The minimum atomic E-state index is 0.0603. The number of nitrogens with zero attached hydrogens (tertiary/aromatic N) is 2. The van der Waals surface area contributed by atoms with E-state index < -0.39 is 0 Å². The van der Waals surface area contributed by atoms with Gasteiger partial charge in [0.1, 0.15) is 0 Å². The molecule has 0 aliphatic heterocycles. The van der Waals surface area contributed by atoms with Gasteiger partial charge in [-0.1, -0.05) is 31.2 Å². The standard InChI is InChI=1S/C12H13ClN2/c1-8(9(2)13)12-11-6-4-3-5-10(11)7-14-15-12/h3-9H,1-2H3. The van der Waals surface area contributed by atoms with Crippen molar-refractivity contribution in [3.63, 3.8) is 0 Å². The first-order valence-corrected chi connectivity index (χ1v) is 5.48. The molecule has 2 unspecified atom stereocenters. The number of hydrogen-bond donors (Lipinski definition) is 0. The maximum atomic E-state index is 6.10. The van der Waals surface area contributed by atoms with Crippen LogP contribution in [0.3, 0.4) is 0 Å². The number of alkyl halides is 1. The zero-order chi connectivity index (χ0) is 10.8. The normalized spacial score (nSPS) is 15.1. The summed E-state index contributed by atoms with van der Waals surface area (Å²) in [4.78, 5) is 0. The summed E-state index contributed by atoms with van der Waals surface area (Å²) in [6.07, 6.45) is 1.78. The summed E-state index contributed by atoms with van der Waals surface area (Å²) in [6, 6.07) is 8.12. The fraction of sp³-hybridized carbons (Fsp3) is 0.333. The minimum Gasteiger partial charge on any atom is -0.158 e. The molecule has 0 amide bonds. The highest BCUT2D eigenvalue weighted by molar-refractivity contribution is 6.21. The summed E-state index contributed by atoms with van der Waals surface area (Å²) in [5, 5.41) is 10.5. The molecule has 0 N–H and O–H groups in total. The molecule has 2 rings (SSSR count). The highest BCUT2D eigenvalue weighted by Crippen LogP contribution is 2.26. The van der Waals surface area contributed by atoms with E-state index in [9.17, 15) is 0 Å². The summed E-state index contributed by atoms with van der Waals surface area (Å²) >= 11 is 6.10. The predicted molar refractivity (Wildman–Crippen MR) is 63.3 cm³/mol. The second kappa shape index (κ2) is 4.15. The average Bonchev–Trinajstić information content (AvgIpc) is 2.27. The lowest BCUT2D eigenvalue weighted by Gasteiger charge is -2.14. The maximum absolute atomic E-state index is 6.10. The van der Waals surface area contributed by atoms with Gasteiger partial charge in [-0.2, -0.15) is 10.2 Å². The lowest BCUT2D eigenvalue weighted by Crippen LogP contribution is -2.08. The molecule has 1 aromatic carbocycles. The van der Waals surface area contributed by atoms with Crippen LogP contribution in [0.1, 0.15) is 25.5 Å². The summed E-state index contributed by atoms with van der Waals surface area (Å²) in [5.41, 5.74) is 0.982. The largest absolute Gasteiger partial charge is 0.158 e. The topological polar surface area (TPSA) is 25.8 Å². The smallest absolute Gasteiger partial charge is 0.0751 e. The van der Waals surface area contributed by atoms with Crippen molar-refractivity contribution in [3.8, 4) is 0 Å². The summed E-state index contributed by atoms with van der Waals surface area (Å²) in [7, 11) is 0. The second-order valence-electron chi connectivity index (χ2n) is 3.78. The third kappa shape index (κ3) is 1.95. The van der Waals surface area contributed by atoms with Gasteiger partial charge in [0, 0.05) is 22.1 Å². The van der Waals surface area contributed by atoms with E-state index in [1.807, 2.05) is 25.1 Å². The molecule has 0 bridgehead atoms. The Morgan fingerprint density at radius 3 is 2.67 bits per heavy atom. The molecule has 2 nitrogen and oxygen atoms in total. The van der Waals surface area contributed by atoms with Gasteiger partial charge < -0.3 is 0 Å². The Balaban J connectivity index is 2.60. The molecule has 0 saturated carbocycles. The number of hydrogen-bond acceptors (Lipinski definition) is 2. The van der Waals surface area contributed by atoms with Crippen LogP contribution in [0.25, 0.3) is 10.8 Å². The Kier molecular flexibility index (Phi) is 2.87. The third-order valence-electron chi connectivity index (χ3n) is 2.72. The second-order valence-corrected chi connectivity index (χ2v) is 4.47. The van der Waals surface area contributed by atoms with Crippen LogP contribution in [0.2, 0.25) is 0 Å². The van der Waals surface area contributed by atoms with Crippen molar-refractivity contribution in [2.75, 3.05) is 0 Å². The molecular weight excluding hydrogens is 208 g/mol. The van der Waals surface area contributed by atoms with Gasteiger partial charge in [-0.15, -0.1) is 11.6 Å². The van der Waals surface area contributed by atoms with Crippen LogP contribution < -0.4 is 0 Å². The number of benzene rings is 1. The van der Waals surface area contributed by atoms with E-state index in [4.69, 9.17) is 11.6 Å². The van der Waals surface area contributed by atoms with Crippen molar-refractivity contribution in [3.05, 3.63) is 36.2 Å². The first-order valence-electron chi connectivity index (χ1n) is 5.04. The van der Waals surface area contributed by atoms with E-state index >= 15 is 0 Å². The van der Waals surface area contributed by atoms with E-state index in [-0.39, 0.29) is 11.3 Å². The third-order valence-corrected chi connectivity index (χ3v) is 3.10. The van der Waals surface area contributed by atoms with Crippen LogP contribution in [0.5, 0.6) is 0 Å². The molecule has 0 saturated heterocycles. The first-order chi connectivity index (χ1) is 7.20. The molecule has 1 heterocycles. The first kappa shape index (κ1) is 10.4. The van der Waals surface area contributed by atoms with Crippen LogP contribution in [0.4, 0.5) is 0 Å². The molecular formula is C12H13ClN2. The average molecular weight is 221 g/mol. The summed E-state index contributed by atoms with van der Waals surface area (Å²) < 4.78 is 0. The monoisotopic (exact) mass is 220 g/mol. The van der Waals surface area contributed by atoms with Crippen molar-refractivity contribution in [1.29, 1.82) is 0 Å². The van der Waals surface area contributed by atoms with Crippen molar-refractivity contribution in [2.45, 2.75) is 25.1 Å². The summed E-state index contributed by atoms with van der Waals surface area (Å²) in [5.74, 6) is 0.213. The van der Waals surface area contributed by atoms with Gasteiger partial charge in [0.05, 0.1) is 11.9 Å². The molecule has 3 heteroatoms. The number of halogens is 1. The number of aromatic nitrogens is 2. The quantitative estimate of drug-likeness (QED) is 0.726. The van der Waals surface area contributed by atoms with Crippen LogP contribution in [-0.4, -0.2) is 15.6 Å². The molecule has 0 radical (unpaired) electrons. The Morgan fingerprint density at radius 2 is 1.93 bits per heavy atom. The van der Waals surface area contributed by atoms with E-state index in [1.54, 1.807) is 6.20 Å². The lowest BCUT2D eigenvalue weighted by atomic mass is 9.99. The predicted octanol–water partition coefficient (Wildman–Crippen LogP) is 3.36. The fourth-order valence-electron chi connectivity index (χ4n) is 1.60. The minimum absolute atomic E-state index is 0.0603. The Morgan fingerprint density at radius 1 is 1.20 bits per heavy atom. The van der Waals surface area contributed by atoms with Gasteiger partial charge in [0.2, 0.25) is 0 Å². The van der Waals surface area contributed by atoms with Gasteiger partial charge in [-0.25, -0.2) is 0 Å². The van der Waals surface area contributed by atoms with Crippen LogP contribution >= 0.6 is 11.6 Å². The maximum Gasteiger partial charge on any atom is 0.0751 e. The fourth-order valence-corrected chi connectivity index (χ4v) is 1.72. The van der Waals surface area contributed by atoms with Crippen molar-refractivity contribution in [1.82, 2.24) is 10.2 Å². The van der Waals surface area contributed by atoms with Gasteiger partial charge >= 0.3 is 0 Å². The van der Waals surface area contributed by atoms with Crippen LogP contribution in [0.15, 0.2) is 30.5 Å². The van der Waals surface area contributed by atoms with Gasteiger partial charge in [-0.05, 0) is 6.92 Å². The molecule has 1 aromatic heterocycles. The number of fused-ring (bicyclic) bond motifs is 1. The van der Waals surface area contributed by atoms with Crippen molar-refractivity contribution < 1.29 is 0 Å². The van der Waals surface area contributed by atoms with Crippen molar-refractivity contribution in [2.24, 2.45) is 0 Å². The lowest BCUT2D eigenvalue weighted by molar-refractivity contribution is 0.707. The van der Waals surface area contributed by atoms with Gasteiger partial charge in [0.25, 0.3) is 0 Å². The molecule has 0 spiro atoms. The van der Waals surface area contributed by atoms with Crippen LogP contribution in [0, 0.1) is 0 Å². The van der Waals surface area contributed by atoms with E-state index in [0.29, 0.717) is 0 Å². The SMILES string of the molecule is CC(Cl)C(C)c1nncc2ccccc12. The Hall–Kier alpha value is -1.15. The van der Waals surface area contributed by atoms with E-state index in [0.717, 1.165) is 16.5 Å². The van der Waals surface area contributed by atoms with Gasteiger partial charge in [0.15, 0.2) is 0 Å². The van der Waals surface area contributed by atoms with Crippen LogP contribution in [-0.2, 0) is 0 Å². The highest BCUT2D eigenvalue weighted by atomic mass is 35.5.